The molecule has 0 aromatic heterocycles. The van der Waals surface area contributed by atoms with Crippen molar-refractivity contribution < 1.29 is 57.5 Å². The molecule has 1 amide bonds. The number of aliphatic hydroxyl groups is 2. The quantitative estimate of drug-likeness (QED) is 0.101. The summed E-state index contributed by atoms with van der Waals surface area (Å²) in [7, 11) is 0. The number of carbonyl (C=O) groups is 3. The largest absolute Gasteiger partial charge is 0.490 e. The van der Waals surface area contributed by atoms with Gasteiger partial charge in [0.1, 0.15) is 12.2 Å². The Morgan fingerprint density at radius 2 is 1.83 bits per heavy atom. The minimum Gasteiger partial charge on any atom is -0.478 e. The molecule has 1 aliphatic heterocycles. The van der Waals surface area contributed by atoms with Gasteiger partial charge < -0.3 is 46.7 Å². The van der Waals surface area contributed by atoms with Crippen LogP contribution in [-0.4, -0.2) is 94.0 Å². The molecule has 0 saturated carbocycles. The molecule has 16 heteroatoms. The van der Waals surface area contributed by atoms with Gasteiger partial charge in [-0.2, -0.15) is 13.2 Å². The molecule has 0 spiro atoms. The van der Waals surface area contributed by atoms with Gasteiger partial charge >= 0.3 is 18.1 Å². The van der Waals surface area contributed by atoms with E-state index in [-0.39, 0.29) is 12.6 Å². The smallest absolute Gasteiger partial charge is 0.478 e. The summed E-state index contributed by atoms with van der Waals surface area (Å²) in [4.78, 5) is 36.0. The molecule has 202 valence electrons. The predicted molar refractivity (Wildman–Crippen MR) is 114 cm³/mol. The molecule has 13 nitrogen and oxygen atoms in total. The number of aliphatic hydroxyl groups excluding tert-OH is 2. The molecule has 0 aliphatic carbocycles. The van der Waals surface area contributed by atoms with Gasteiger partial charge in [0.25, 0.3) is 0 Å². The Bertz CT molecular complexity index is 773. The average molecular weight is 516 g/mol. The van der Waals surface area contributed by atoms with Crippen LogP contribution in [0.25, 0.3) is 0 Å². The highest BCUT2D eigenvalue weighted by Crippen LogP contribution is 2.26. The zero-order valence-electron chi connectivity index (χ0n) is 19.1. The fraction of sp³-hybridized carbons (Fsp3) is 0.684. The van der Waals surface area contributed by atoms with Crippen molar-refractivity contribution in [2.24, 2.45) is 16.5 Å². The van der Waals surface area contributed by atoms with Crippen molar-refractivity contribution in [3.8, 4) is 0 Å². The number of hydrogen-bond acceptors (Lipinski definition) is 8. The van der Waals surface area contributed by atoms with Gasteiger partial charge in [0.2, 0.25) is 11.7 Å². The van der Waals surface area contributed by atoms with Gasteiger partial charge in [-0.25, -0.2) is 14.6 Å². The predicted octanol–water partition coefficient (Wildman–Crippen LogP) is -0.938. The average Bonchev–Trinajstić information content (AvgIpc) is 2.73. The van der Waals surface area contributed by atoms with E-state index in [1.807, 2.05) is 6.92 Å². The Balaban J connectivity index is 0.00000143. The molecule has 1 heterocycles. The van der Waals surface area contributed by atoms with Crippen LogP contribution in [-0.2, 0) is 23.9 Å². The molecular weight excluding hydrogens is 485 g/mol. The number of nitrogens with one attached hydrogen (secondary N) is 1. The van der Waals surface area contributed by atoms with Crippen LogP contribution < -0.4 is 16.8 Å². The Morgan fingerprint density at radius 3 is 2.23 bits per heavy atom. The third kappa shape index (κ3) is 11.7. The van der Waals surface area contributed by atoms with Crippen LogP contribution in [0.4, 0.5) is 13.2 Å². The highest BCUT2D eigenvalue weighted by molar-refractivity contribution is 5.85. The molecule has 9 N–H and O–H groups in total. The zero-order chi connectivity index (χ0) is 27.3. The third-order valence-corrected chi connectivity index (χ3v) is 4.38. The fourth-order valence-electron chi connectivity index (χ4n) is 2.90. The first-order chi connectivity index (χ1) is 16.1. The lowest BCUT2D eigenvalue weighted by molar-refractivity contribution is -0.192. The second-order valence-electron chi connectivity index (χ2n) is 7.28. The van der Waals surface area contributed by atoms with Crippen LogP contribution in [0.15, 0.2) is 16.8 Å². The standard InChI is InChI=1S/C17H30N4O7.C2HF3O2/c1-3-4-5-6-27-14(11(24)8-22)15-13(20-9(2)23)10(21-17(18)19)7-12(28-15)16(25)26;3-2(4,5)1(6)7/h7,10-11,13-15,22,24H,3-6,8H2,1-2H3,(H,20,23)(H,25,26)(H4,18,19,21);(H,6,7)/t10-,11+,13+,14+,15+;/m0./s1. The number of ether oxygens (including phenoxy) is 2. The number of halogens is 3. The number of alkyl halides is 3. The Kier molecular flexibility index (Phi) is 13.7. The van der Waals surface area contributed by atoms with Gasteiger partial charge in [-0.1, -0.05) is 19.8 Å². The van der Waals surface area contributed by atoms with Crippen LogP contribution in [0.1, 0.15) is 33.1 Å². The van der Waals surface area contributed by atoms with Gasteiger partial charge in [-0.15, -0.1) is 0 Å². The highest BCUT2D eigenvalue weighted by atomic mass is 19.4. The van der Waals surface area contributed by atoms with Gasteiger partial charge in [-0.05, 0) is 12.5 Å². The minimum absolute atomic E-state index is 0.251. The van der Waals surface area contributed by atoms with Crippen molar-refractivity contribution in [1.29, 1.82) is 0 Å². The number of rotatable bonds is 11. The summed E-state index contributed by atoms with van der Waals surface area (Å²) < 4.78 is 43.0. The molecule has 1 rings (SSSR count). The first-order valence-electron chi connectivity index (χ1n) is 10.3. The molecule has 1 aliphatic rings. The van der Waals surface area contributed by atoms with Gasteiger partial charge in [0, 0.05) is 13.5 Å². The first-order valence-corrected chi connectivity index (χ1v) is 10.3. The highest BCUT2D eigenvalue weighted by Gasteiger charge is 2.45. The maximum absolute atomic E-state index is 11.7. The van der Waals surface area contributed by atoms with Gasteiger partial charge in [0.05, 0.1) is 18.7 Å². The van der Waals surface area contributed by atoms with Crippen molar-refractivity contribution >= 4 is 23.8 Å². The van der Waals surface area contributed by atoms with E-state index >= 15 is 0 Å². The first kappa shape index (κ1) is 31.9. The lowest BCUT2D eigenvalue weighted by Crippen LogP contribution is -2.60. The van der Waals surface area contributed by atoms with Crippen LogP contribution in [0.3, 0.4) is 0 Å². The summed E-state index contributed by atoms with van der Waals surface area (Å²) in [6.07, 6.45) is -5.05. The molecule has 0 aromatic carbocycles. The molecule has 0 radical (unpaired) electrons. The van der Waals surface area contributed by atoms with Gasteiger partial charge in [-0.3, -0.25) is 4.79 Å². The second-order valence-corrected chi connectivity index (χ2v) is 7.28. The number of aliphatic carboxylic acids is 2. The number of unbranched alkanes of at least 4 members (excludes halogenated alkanes) is 2. The number of guanidine groups is 1. The van der Waals surface area contributed by atoms with Crippen LogP contribution >= 0.6 is 0 Å². The van der Waals surface area contributed by atoms with E-state index in [1.54, 1.807) is 0 Å². The zero-order valence-corrected chi connectivity index (χ0v) is 19.1. The second kappa shape index (κ2) is 15.0. The third-order valence-electron chi connectivity index (χ3n) is 4.38. The lowest BCUT2D eigenvalue weighted by Gasteiger charge is -2.40. The Labute approximate surface area is 198 Å². The Hall–Kier alpha value is -3.11. The fourth-order valence-corrected chi connectivity index (χ4v) is 2.90. The van der Waals surface area contributed by atoms with Crippen LogP contribution in [0, 0.1) is 0 Å². The number of amides is 1. The number of hydrogen-bond donors (Lipinski definition) is 7. The van der Waals surface area contributed by atoms with Crippen molar-refractivity contribution in [2.45, 2.75) is 69.7 Å². The van der Waals surface area contributed by atoms with Crippen molar-refractivity contribution in [2.75, 3.05) is 13.2 Å². The van der Waals surface area contributed by atoms with Crippen molar-refractivity contribution in [3.05, 3.63) is 11.8 Å². The summed E-state index contributed by atoms with van der Waals surface area (Å²) in [5, 5.41) is 38.8. The molecular formula is C19H31F3N4O9. The summed E-state index contributed by atoms with van der Waals surface area (Å²) in [6.45, 7) is 2.88. The van der Waals surface area contributed by atoms with Gasteiger partial charge in [0.15, 0.2) is 12.1 Å². The number of carboxylic acids is 2. The number of aliphatic imine (C=N–C) groups is 1. The number of nitrogens with two attached hydrogens (primary N) is 2. The molecule has 0 bridgehead atoms. The number of nitrogens with zero attached hydrogens (tertiary/aromatic N) is 1. The van der Waals surface area contributed by atoms with Crippen LogP contribution in [0.5, 0.6) is 0 Å². The van der Waals surface area contributed by atoms with E-state index in [0.29, 0.717) is 6.42 Å². The maximum Gasteiger partial charge on any atom is 0.490 e. The van der Waals surface area contributed by atoms with Crippen molar-refractivity contribution in [1.82, 2.24) is 5.32 Å². The van der Waals surface area contributed by atoms with Crippen molar-refractivity contribution in [3.63, 3.8) is 0 Å². The summed E-state index contributed by atoms with van der Waals surface area (Å²) in [5.74, 6) is -5.33. The minimum atomic E-state index is -5.08. The maximum atomic E-state index is 11.7. The number of carbonyl (C=O) groups excluding carboxylic acids is 1. The van der Waals surface area contributed by atoms with E-state index < -0.39 is 66.8 Å². The summed E-state index contributed by atoms with van der Waals surface area (Å²) in [5.41, 5.74) is 10.9. The molecule has 35 heavy (non-hydrogen) atoms. The SMILES string of the molecule is CCCCCO[C@@H]([C@@H]1OC(C(=O)O)=C[C@H](N=C(N)N)[C@H]1NC(C)=O)[C@H](O)CO.O=C(O)C(F)(F)F. The molecule has 0 fully saturated rings. The number of carboxylic acid groups (broad SMARTS) is 2. The molecule has 0 aromatic rings. The lowest BCUT2D eigenvalue weighted by atomic mass is 9.92. The van der Waals surface area contributed by atoms with E-state index in [0.717, 1.165) is 12.8 Å². The van der Waals surface area contributed by atoms with Crippen LogP contribution in [0.2, 0.25) is 0 Å². The Morgan fingerprint density at radius 1 is 1.26 bits per heavy atom. The monoisotopic (exact) mass is 516 g/mol. The van der Waals surface area contributed by atoms with E-state index in [9.17, 15) is 38.1 Å². The normalized spacial score (nSPS) is 21.2. The van der Waals surface area contributed by atoms with E-state index in [1.165, 1.54) is 13.0 Å². The van der Waals surface area contributed by atoms with E-state index in [4.69, 9.17) is 30.8 Å². The molecule has 0 saturated heterocycles. The topological polar surface area (TPSA) is 227 Å². The van der Waals surface area contributed by atoms with E-state index in [2.05, 4.69) is 10.3 Å². The molecule has 5 atom stereocenters. The molecule has 0 unspecified atom stereocenters. The summed E-state index contributed by atoms with van der Waals surface area (Å²) in [6, 6.07) is -1.90. The summed E-state index contributed by atoms with van der Waals surface area (Å²) >= 11 is 0.